The summed E-state index contributed by atoms with van der Waals surface area (Å²) in [6.45, 7) is 1.87. The molecular weight excluding hydrogens is 362 g/mol. The van der Waals surface area contributed by atoms with Crippen LogP contribution in [0.1, 0.15) is 23.6 Å². The average molecular weight is 381 g/mol. The molecule has 2 rings (SSSR count). The van der Waals surface area contributed by atoms with Gasteiger partial charge >= 0.3 is 6.18 Å². The van der Waals surface area contributed by atoms with E-state index in [4.69, 9.17) is 0 Å². The number of hydrogen-bond donors (Lipinski definition) is 2. The number of nitrogens with zero attached hydrogens (tertiary/aromatic N) is 1. The van der Waals surface area contributed by atoms with Crippen LogP contribution in [0.5, 0.6) is 0 Å². The van der Waals surface area contributed by atoms with Gasteiger partial charge < -0.3 is 15.1 Å². The van der Waals surface area contributed by atoms with Crippen LogP contribution in [0.2, 0.25) is 0 Å². The quantitative estimate of drug-likeness (QED) is 0.522. The molecule has 0 aliphatic carbocycles. The van der Waals surface area contributed by atoms with Gasteiger partial charge in [-0.2, -0.15) is 13.2 Å². The van der Waals surface area contributed by atoms with E-state index in [1.807, 2.05) is 0 Å². The summed E-state index contributed by atoms with van der Waals surface area (Å²) in [7, 11) is 1.62. The van der Waals surface area contributed by atoms with Gasteiger partial charge in [-0.3, -0.25) is 0 Å². The predicted molar refractivity (Wildman–Crippen MR) is 96.3 cm³/mol. The summed E-state index contributed by atoms with van der Waals surface area (Å²) >= 11 is 0. The largest absolute Gasteiger partial charge is 0.480 e. The van der Waals surface area contributed by atoms with Crippen LogP contribution < -0.4 is 0 Å². The van der Waals surface area contributed by atoms with E-state index in [-0.39, 0.29) is 17.8 Å². The normalized spacial score (nSPS) is 12.0. The van der Waals surface area contributed by atoms with Crippen LogP contribution >= 0.6 is 0 Å². The Balaban J connectivity index is 2.23. The highest BCUT2D eigenvalue weighted by atomic mass is 19.4. The summed E-state index contributed by atoms with van der Waals surface area (Å²) in [5, 5.41) is 19.2. The highest BCUT2D eigenvalue weighted by Crippen LogP contribution is 2.30. The van der Waals surface area contributed by atoms with Crippen LogP contribution in [0, 0.1) is 5.82 Å². The van der Waals surface area contributed by atoms with Gasteiger partial charge in [0.05, 0.1) is 5.56 Å². The number of likely N-dealkylation sites (N-methyl/N-ethyl adjacent to an activating group) is 1. The third-order valence-electron chi connectivity index (χ3n) is 3.86. The zero-order valence-corrected chi connectivity index (χ0v) is 14.8. The van der Waals surface area contributed by atoms with E-state index in [0.29, 0.717) is 17.2 Å². The minimum Gasteiger partial charge on any atom is -0.480 e. The Morgan fingerprint density at radius 2 is 1.70 bits per heavy atom. The highest BCUT2D eigenvalue weighted by Gasteiger charge is 2.31. The number of aliphatic hydroxyl groups excluding tert-OH is 1. The third kappa shape index (κ3) is 5.26. The summed E-state index contributed by atoms with van der Waals surface area (Å²) in [6.07, 6.45) is -3.19. The molecule has 0 radical (unpaired) electrons. The molecule has 0 unspecified atom stereocenters. The minimum absolute atomic E-state index is 0.0207. The lowest BCUT2D eigenvalue weighted by Gasteiger charge is -2.23. The predicted octanol–water partition coefficient (Wildman–Crippen LogP) is 5.62. The SMILES string of the molecule is C/C(=C\c1ccc(C(F)(F)F)cc1F)CN(C)C(=C(O)O)c1ccccc1. The minimum atomic E-state index is -4.60. The summed E-state index contributed by atoms with van der Waals surface area (Å²) in [5.74, 6) is -1.84. The Bertz CT molecular complexity index is 854. The van der Waals surface area contributed by atoms with Gasteiger partial charge in [0.2, 0.25) is 0 Å². The lowest BCUT2D eigenvalue weighted by Crippen LogP contribution is -2.20. The van der Waals surface area contributed by atoms with Crippen molar-refractivity contribution in [1.29, 1.82) is 0 Å². The number of rotatable bonds is 5. The first-order valence-electron chi connectivity index (χ1n) is 8.02. The van der Waals surface area contributed by atoms with Gasteiger partial charge in [-0.05, 0) is 19.1 Å². The number of halogens is 4. The molecule has 2 aromatic rings. The van der Waals surface area contributed by atoms with Crippen LogP contribution in [0.25, 0.3) is 11.8 Å². The number of aliphatic hydroxyl groups is 2. The second-order valence-corrected chi connectivity index (χ2v) is 6.12. The van der Waals surface area contributed by atoms with Gasteiger partial charge in [0.1, 0.15) is 11.5 Å². The Morgan fingerprint density at radius 1 is 1.07 bits per heavy atom. The molecule has 0 aliphatic heterocycles. The van der Waals surface area contributed by atoms with Gasteiger partial charge in [-0.25, -0.2) is 4.39 Å². The summed E-state index contributed by atoms with van der Waals surface area (Å²) in [4.78, 5) is 1.55. The fraction of sp³-hybridized carbons (Fsp3) is 0.200. The van der Waals surface area contributed by atoms with Crippen LogP contribution in [0.3, 0.4) is 0 Å². The number of alkyl halides is 3. The van der Waals surface area contributed by atoms with Crippen molar-refractivity contribution in [2.45, 2.75) is 13.1 Å². The monoisotopic (exact) mass is 381 g/mol. The summed E-state index contributed by atoms with van der Waals surface area (Å²) in [5.41, 5.74) is 0.342. The van der Waals surface area contributed by atoms with Crippen LogP contribution in [0.15, 0.2) is 60.0 Å². The Hall–Kier alpha value is -2.96. The van der Waals surface area contributed by atoms with Gasteiger partial charge in [-0.15, -0.1) is 0 Å². The molecule has 2 N–H and O–H groups in total. The van der Waals surface area contributed by atoms with E-state index in [1.54, 1.807) is 49.2 Å². The molecule has 2 aromatic carbocycles. The molecule has 0 amide bonds. The number of benzene rings is 2. The third-order valence-corrected chi connectivity index (χ3v) is 3.86. The van der Waals surface area contributed by atoms with Crippen molar-refractivity contribution in [3.8, 4) is 0 Å². The van der Waals surface area contributed by atoms with Crippen molar-refractivity contribution in [3.05, 3.63) is 82.6 Å². The highest BCUT2D eigenvalue weighted by molar-refractivity contribution is 5.65. The van der Waals surface area contributed by atoms with Crippen molar-refractivity contribution in [1.82, 2.24) is 4.90 Å². The molecule has 0 heterocycles. The molecule has 0 saturated carbocycles. The molecule has 0 aromatic heterocycles. The van der Waals surface area contributed by atoms with E-state index in [2.05, 4.69) is 0 Å². The lowest BCUT2D eigenvalue weighted by atomic mass is 10.1. The second-order valence-electron chi connectivity index (χ2n) is 6.12. The zero-order chi connectivity index (χ0) is 20.2. The molecule has 3 nitrogen and oxygen atoms in total. The Morgan fingerprint density at radius 3 is 2.22 bits per heavy atom. The van der Waals surface area contributed by atoms with Crippen molar-refractivity contribution in [3.63, 3.8) is 0 Å². The van der Waals surface area contributed by atoms with E-state index in [1.165, 1.54) is 6.08 Å². The van der Waals surface area contributed by atoms with Crippen molar-refractivity contribution >= 4 is 11.8 Å². The molecule has 0 saturated heterocycles. The first-order chi connectivity index (χ1) is 12.6. The molecule has 7 heteroatoms. The van der Waals surface area contributed by atoms with Crippen molar-refractivity contribution in [2.24, 2.45) is 0 Å². The van der Waals surface area contributed by atoms with Crippen molar-refractivity contribution in [2.75, 3.05) is 13.6 Å². The first-order valence-corrected chi connectivity index (χ1v) is 8.02. The van der Waals surface area contributed by atoms with Gasteiger partial charge in [0, 0.05) is 24.7 Å². The fourth-order valence-electron chi connectivity index (χ4n) is 2.70. The molecule has 0 spiro atoms. The topological polar surface area (TPSA) is 43.7 Å². The Kier molecular flexibility index (Phi) is 6.15. The molecule has 144 valence electrons. The smallest absolute Gasteiger partial charge is 0.416 e. The molecule has 0 atom stereocenters. The lowest BCUT2D eigenvalue weighted by molar-refractivity contribution is -0.137. The first kappa shape index (κ1) is 20.4. The van der Waals surface area contributed by atoms with E-state index < -0.39 is 23.5 Å². The number of hydrogen-bond acceptors (Lipinski definition) is 3. The maximum atomic E-state index is 14.0. The van der Waals surface area contributed by atoms with Crippen molar-refractivity contribution < 1.29 is 27.8 Å². The van der Waals surface area contributed by atoms with Gasteiger partial charge in [0.15, 0.2) is 0 Å². The second kappa shape index (κ2) is 8.16. The van der Waals surface area contributed by atoms with E-state index in [0.717, 1.165) is 12.1 Å². The van der Waals surface area contributed by atoms with Crippen LogP contribution in [0.4, 0.5) is 17.6 Å². The van der Waals surface area contributed by atoms with E-state index >= 15 is 0 Å². The summed E-state index contributed by atoms with van der Waals surface area (Å²) < 4.78 is 51.8. The average Bonchev–Trinajstić information content (AvgIpc) is 2.56. The molecule has 0 fully saturated rings. The standard InChI is InChI=1S/C20H19F4NO2/c1-13(10-15-8-9-16(11-17(15)21)20(22,23)24)12-25(2)18(19(26)27)14-6-4-3-5-7-14/h3-11,26-27H,12H2,1-2H3/b13-10+. The van der Waals surface area contributed by atoms with Crippen LogP contribution in [-0.2, 0) is 6.18 Å². The van der Waals surface area contributed by atoms with Crippen LogP contribution in [-0.4, -0.2) is 28.7 Å². The van der Waals surface area contributed by atoms with E-state index in [9.17, 15) is 27.8 Å². The molecule has 0 aliphatic rings. The van der Waals surface area contributed by atoms with Gasteiger partial charge in [-0.1, -0.05) is 48.0 Å². The zero-order valence-electron chi connectivity index (χ0n) is 14.8. The maximum Gasteiger partial charge on any atom is 0.416 e. The Labute approximate surface area is 154 Å². The summed E-state index contributed by atoms with van der Waals surface area (Å²) in [6, 6.07) is 11.0. The molecule has 27 heavy (non-hydrogen) atoms. The fourth-order valence-corrected chi connectivity index (χ4v) is 2.70. The molecule has 0 bridgehead atoms. The molecular formula is C20H19F4NO2. The van der Waals surface area contributed by atoms with Gasteiger partial charge in [0.25, 0.3) is 5.95 Å². The maximum absolute atomic E-state index is 14.0.